The Balaban J connectivity index is 2.10. The van der Waals surface area contributed by atoms with Crippen molar-refractivity contribution < 1.29 is 17.9 Å². The van der Waals surface area contributed by atoms with Crippen LogP contribution < -0.4 is 19.9 Å². The smallest absolute Gasteiger partial charge is 0.240 e. The normalized spacial score (nSPS) is 11.3. The molecule has 0 atom stereocenters. The monoisotopic (exact) mass is 378 g/mol. The molecule has 142 valence electrons. The molecule has 0 heterocycles. The highest BCUT2D eigenvalue weighted by molar-refractivity contribution is 7.89. The van der Waals surface area contributed by atoms with E-state index in [1.807, 2.05) is 0 Å². The molecule has 0 aliphatic rings. The van der Waals surface area contributed by atoms with Gasteiger partial charge in [0.1, 0.15) is 11.5 Å². The molecule has 3 N–H and O–H groups in total. The van der Waals surface area contributed by atoms with Crippen molar-refractivity contribution >= 4 is 15.7 Å². The van der Waals surface area contributed by atoms with E-state index in [4.69, 9.17) is 15.2 Å². The van der Waals surface area contributed by atoms with E-state index in [0.717, 1.165) is 24.8 Å². The Bertz CT molecular complexity index is 805. The van der Waals surface area contributed by atoms with E-state index >= 15 is 0 Å². The van der Waals surface area contributed by atoms with E-state index in [-0.39, 0.29) is 11.4 Å². The van der Waals surface area contributed by atoms with Gasteiger partial charge in [0.25, 0.3) is 0 Å². The zero-order valence-corrected chi connectivity index (χ0v) is 16.0. The minimum Gasteiger partial charge on any atom is -0.497 e. The highest BCUT2D eigenvalue weighted by Gasteiger charge is 2.15. The third-order valence-electron chi connectivity index (χ3n) is 3.92. The van der Waals surface area contributed by atoms with E-state index in [1.165, 1.54) is 12.1 Å². The number of unbranched alkanes of at least 4 members (excludes halogenated alkanes) is 2. The maximum absolute atomic E-state index is 12.4. The van der Waals surface area contributed by atoms with Crippen molar-refractivity contribution in [2.45, 2.75) is 37.6 Å². The first-order chi connectivity index (χ1) is 12.5. The van der Waals surface area contributed by atoms with Gasteiger partial charge in [-0.25, -0.2) is 13.1 Å². The Hall–Kier alpha value is -2.25. The molecular weight excluding hydrogens is 352 g/mol. The Labute approximate surface area is 155 Å². The molecule has 26 heavy (non-hydrogen) atoms. The molecule has 0 amide bonds. The first-order valence-corrected chi connectivity index (χ1v) is 10.1. The number of anilines is 1. The lowest BCUT2D eigenvalue weighted by Crippen LogP contribution is -2.23. The average Bonchev–Trinajstić information content (AvgIpc) is 2.64. The summed E-state index contributed by atoms with van der Waals surface area (Å²) < 4.78 is 38.5. The molecule has 0 aliphatic heterocycles. The van der Waals surface area contributed by atoms with E-state index in [1.54, 1.807) is 37.4 Å². The Morgan fingerprint density at radius 2 is 1.81 bits per heavy atom. The molecule has 0 saturated heterocycles. The largest absolute Gasteiger partial charge is 0.497 e. The summed E-state index contributed by atoms with van der Waals surface area (Å²) in [5.41, 5.74) is 6.87. The van der Waals surface area contributed by atoms with Crippen LogP contribution in [0.15, 0.2) is 47.4 Å². The van der Waals surface area contributed by atoms with Crippen LogP contribution in [0.4, 0.5) is 5.69 Å². The first kappa shape index (κ1) is 20.1. The summed E-state index contributed by atoms with van der Waals surface area (Å²) >= 11 is 0. The number of benzene rings is 2. The second kappa shape index (κ2) is 9.45. The lowest BCUT2D eigenvalue weighted by molar-refractivity contribution is 0.300. The Morgan fingerprint density at radius 3 is 2.46 bits per heavy atom. The van der Waals surface area contributed by atoms with Gasteiger partial charge in [-0.1, -0.05) is 25.8 Å². The molecular formula is C19H26N2O4S. The summed E-state index contributed by atoms with van der Waals surface area (Å²) in [5.74, 6) is 1.29. The second-order valence-electron chi connectivity index (χ2n) is 5.92. The van der Waals surface area contributed by atoms with Crippen molar-refractivity contribution in [3.63, 3.8) is 0 Å². The molecule has 2 aromatic carbocycles. The minimum absolute atomic E-state index is 0.125. The van der Waals surface area contributed by atoms with Crippen LogP contribution in [-0.2, 0) is 16.6 Å². The SMILES string of the molecule is CCCCCOc1cc(OC)ccc1CNS(=O)(=O)c1ccc(N)cc1. The number of ether oxygens (including phenoxy) is 2. The molecule has 0 bridgehead atoms. The van der Waals surface area contributed by atoms with Gasteiger partial charge < -0.3 is 15.2 Å². The number of nitrogens with two attached hydrogens (primary N) is 1. The van der Waals surface area contributed by atoms with E-state index in [0.29, 0.717) is 23.8 Å². The summed E-state index contributed by atoms with van der Waals surface area (Å²) in [7, 11) is -2.05. The number of nitrogens with one attached hydrogen (secondary N) is 1. The maximum Gasteiger partial charge on any atom is 0.240 e. The van der Waals surface area contributed by atoms with Crippen LogP contribution >= 0.6 is 0 Å². The summed E-state index contributed by atoms with van der Waals surface area (Å²) in [4.78, 5) is 0.172. The summed E-state index contributed by atoms with van der Waals surface area (Å²) in [5, 5.41) is 0. The van der Waals surface area contributed by atoms with Crippen LogP contribution in [0.2, 0.25) is 0 Å². The Kier molecular flexibility index (Phi) is 7.29. The summed E-state index contributed by atoms with van der Waals surface area (Å²) in [6.07, 6.45) is 3.14. The van der Waals surface area contributed by atoms with Crippen molar-refractivity contribution in [2.75, 3.05) is 19.5 Å². The molecule has 0 radical (unpaired) electrons. The third kappa shape index (κ3) is 5.64. The van der Waals surface area contributed by atoms with Crippen LogP contribution in [0.25, 0.3) is 0 Å². The van der Waals surface area contributed by atoms with Gasteiger partial charge in [-0.05, 0) is 36.8 Å². The van der Waals surface area contributed by atoms with Crippen LogP contribution in [0.1, 0.15) is 31.7 Å². The van der Waals surface area contributed by atoms with Crippen molar-refractivity contribution in [3.8, 4) is 11.5 Å². The molecule has 0 unspecified atom stereocenters. The number of sulfonamides is 1. The Morgan fingerprint density at radius 1 is 1.08 bits per heavy atom. The van der Waals surface area contributed by atoms with Gasteiger partial charge in [-0.2, -0.15) is 0 Å². The zero-order valence-electron chi connectivity index (χ0n) is 15.2. The van der Waals surface area contributed by atoms with Crippen LogP contribution in [-0.4, -0.2) is 22.1 Å². The third-order valence-corrected chi connectivity index (χ3v) is 5.34. The van der Waals surface area contributed by atoms with Crippen LogP contribution in [0, 0.1) is 0 Å². The maximum atomic E-state index is 12.4. The molecule has 2 rings (SSSR count). The number of methoxy groups -OCH3 is 1. The average molecular weight is 378 g/mol. The second-order valence-corrected chi connectivity index (χ2v) is 7.69. The standard InChI is InChI=1S/C19H26N2O4S/c1-3-4-5-12-25-19-13-17(24-2)9-6-15(19)14-21-26(22,23)18-10-7-16(20)8-11-18/h6-11,13,21H,3-5,12,14,20H2,1-2H3. The fraction of sp³-hybridized carbons (Fsp3) is 0.368. The van der Waals surface area contributed by atoms with Gasteiger partial charge in [-0.3, -0.25) is 0 Å². The minimum atomic E-state index is -3.63. The number of rotatable bonds is 10. The van der Waals surface area contributed by atoms with Crippen LogP contribution in [0.3, 0.4) is 0 Å². The van der Waals surface area contributed by atoms with Crippen molar-refractivity contribution in [3.05, 3.63) is 48.0 Å². The molecule has 0 saturated carbocycles. The molecule has 0 fully saturated rings. The lowest BCUT2D eigenvalue weighted by Gasteiger charge is -2.14. The molecule has 7 heteroatoms. The highest BCUT2D eigenvalue weighted by atomic mass is 32.2. The van der Waals surface area contributed by atoms with Gasteiger partial charge in [0, 0.05) is 23.9 Å². The number of hydrogen-bond donors (Lipinski definition) is 2. The predicted octanol–water partition coefficient (Wildman–Crippen LogP) is 3.32. The van der Waals surface area contributed by atoms with Crippen LogP contribution in [0.5, 0.6) is 11.5 Å². The van der Waals surface area contributed by atoms with Gasteiger partial charge in [-0.15, -0.1) is 0 Å². The fourth-order valence-corrected chi connectivity index (χ4v) is 3.39. The van der Waals surface area contributed by atoms with Crippen molar-refractivity contribution in [2.24, 2.45) is 0 Å². The molecule has 0 aromatic heterocycles. The van der Waals surface area contributed by atoms with E-state index in [2.05, 4.69) is 11.6 Å². The quantitative estimate of drug-likeness (QED) is 0.489. The fourth-order valence-electron chi connectivity index (χ4n) is 2.38. The predicted molar refractivity (Wildman–Crippen MR) is 103 cm³/mol. The molecule has 2 aromatic rings. The van der Waals surface area contributed by atoms with E-state index in [9.17, 15) is 8.42 Å². The first-order valence-electron chi connectivity index (χ1n) is 8.61. The van der Waals surface area contributed by atoms with Gasteiger partial charge >= 0.3 is 0 Å². The molecule has 0 aliphatic carbocycles. The lowest BCUT2D eigenvalue weighted by atomic mass is 10.2. The van der Waals surface area contributed by atoms with Gasteiger partial charge in [0.15, 0.2) is 0 Å². The van der Waals surface area contributed by atoms with E-state index < -0.39 is 10.0 Å². The van der Waals surface area contributed by atoms with Crippen molar-refractivity contribution in [1.82, 2.24) is 4.72 Å². The zero-order chi connectivity index (χ0) is 19.0. The summed E-state index contributed by atoms with van der Waals surface area (Å²) in [6, 6.07) is 11.4. The van der Waals surface area contributed by atoms with Gasteiger partial charge in [0.05, 0.1) is 18.6 Å². The van der Waals surface area contributed by atoms with Crippen molar-refractivity contribution in [1.29, 1.82) is 0 Å². The topological polar surface area (TPSA) is 90.6 Å². The van der Waals surface area contributed by atoms with Gasteiger partial charge in [0.2, 0.25) is 10.0 Å². The molecule has 0 spiro atoms. The summed E-state index contributed by atoms with van der Waals surface area (Å²) in [6.45, 7) is 2.83. The number of hydrogen-bond acceptors (Lipinski definition) is 5. The highest BCUT2D eigenvalue weighted by Crippen LogP contribution is 2.25. The molecule has 6 nitrogen and oxygen atoms in total. The number of nitrogen functional groups attached to an aromatic ring is 1.